The number of ether oxygens (including phenoxy) is 1. The van der Waals surface area contributed by atoms with E-state index in [1.807, 2.05) is 0 Å². The number of alkyl halides is 1. The Labute approximate surface area is 232 Å². The second-order valence-electron chi connectivity index (χ2n) is 11.3. The molecule has 0 fully saturated rings. The quantitative estimate of drug-likeness (QED) is 0.0526. The molecule has 0 bridgehead atoms. The molecule has 0 N–H and O–H groups in total. The molecule has 0 heterocycles. The van der Waals surface area contributed by atoms with Crippen molar-refractivity contribution in [2.45, 2.75) is 206 Å². The van der Waals surface area contributed by atoms with Gasteiger partial charge in [-0.25, -0.2) is 0 Å². The van der Waals surface area contributed by atoms with Crippen molar-refractivity contribution in [3.05, 3.63) is 0 Å². The van der Waals surface area contributed by atoms with Crippen LogP contribution in [0.5, 0.6) is 0 Å². The molecule has 0 rings (SSSR count). The smallest absolute Gasteiger partial charge is 0.307 e. The summed E-state index contributed by atoms with van der Waals surface area (Å²) in [4.78, 5) is 11.7. The first-order valence-electron chi connectivity index (χ1n) is 16.5. The minimum Gasteiger partial charge on any atom is -0.446 e. The molecule has 36 heavy (non-hydrogen) atoms. The first-order chi connectivity index (χ1) is 17.7. The standard InChI is InChI=1S/C33H65ClO2/c1-3-5-7-8-9-10-11-12-13-14-15-16-17-18-19-20-21-22-23-24-25-26-27-28-29-31-33(35)36-32(34)30-6-4-2/h32H,3-31H2,1-2H3. The van der Waals surface area contributed by atoms with Gasteiger partial charge in [0.2, 0.25) is 0 Å². The first kappa shape index (κ1) is 35.8. The third-order valence-electron chi connectivity index (χ3n) is 7.53. The van der Waals surface area contributed by atoms with E-state index in [4.69, 9.17) is 16.3 Å². The van der Waals surface area contributed by atoms with E-state index in [1.165, 1.54) is 148 Å². The average molecular weight is 529 g/mol. The predicted molar refractivity (Wildman–Crippen MR) is 161 cm³/mol. The van der Waals surface area contributed by atoms with Gasteiger partial charge in [-0.3, -0.25) is 4.79 Å². The van der Waals surface area contributed by atoms with Crippen LogP contribution >= 0.6 is 11.6 Å². The molecule has 0 radical (unpaired) electrons. The largest absolute Gasteiger partial charge is 0.446 e. The molecule has 3 heteroatoms. The Hall–Kier alpha value is -0.240. The Kier molecular flexibility index (Phi) is 30.8. The zero-order valence-corrected chi connectivity index (χ0v) is 25.5. The van der Waals surface area contributed by atoms with Crippen LogP contribution in [-0.2, 0) is 9.53 Å². The zero-order chi connectivity index (χ0) is 26.4. The SMILES string of the molecule is CCCCCCCCCCCCCCCCCCCCCCCCCCCC(=O)OC(Cl)CCCC. The number of esters is 1. The number of rotatable bonds is 30. The van der Waals surface area contributed by atoms with Gasteiger partial charge in [0.15, 0.2) is 5.56 Å². The molecule has 0 saturated carbocycles. The number of hydrogen-bond donors (Lipinski definition) is 0. The third kappa shape index (κ3) is 30.0. The van der Waals surface area contributed by atoms with Gasteiger partial charge in [-0.05, 0) is 19.3 Å². The molecule has 1 unspecified atom stereocenters. The van der Waals surface area contributed by atoms with Crippen LogP contribution in [0.4, 0.5) is 0 Å². The highest BCUT2D eigenvalue weighted by Crippen LogP contribution is 2.16. The molecule has 0 aromatic rings. The summed E-state index contributed by atoms with van der Waals surface area (Å²) in [7, 11) is 0. The van der Waals surface area contributed by atoms with Gasteiger partial charge in [-0.1, -0.05) is 186 Å². The van der Waals surface area contributed by atoms with E-state index in [9.17, 15) is 4.79 Å². The zero-order valence-electron chi connectivity index (χ0n) is 24.8. The molecule has 0 aromatic carbocycles. The minimum atomic E-state index is -0.434. The van der Waals surface area contributed by atoms with Gasteiger partial charge >= 0.3 is 5.97 Å². The molecule has 0 aliphatic carbocycles. The maximum Gasteiger partial charge on any atom is 0.307 e. The van der Waals surface area contributed by atoms with Crippen LogP contribution in [0.25, 0.3) is 0 Å². The molecule has 0 amide bonds. The minimum absolute atomic E-state index is 0.125. The van der Waals surface area contributed by atoms with Crippen LogP contribution in [0.3, 0.4) is 0 Å². The Morgan fingerprint density at radius 1 is 0.472 bits per heavy atom. The van der Waals surface area contributed by atoms with Crippen molar-refractivity contribution in [1.82, 2.24) is 0 Å². The van der Waals surface area contributed by atoms with E-state index in [0.29, 0.717) is 6.42 Å². The Morgan fingerprint density at radius 2 is 0.750 bits per heavy atom. The first-order valence-corrected chi connectivity index (χ1v) is 17.0. The average Bonchev–Trinajstić information content (AvgIpc) is 2.87. The van der Waals surface area contributed by atoms with Gasteiger partial charge in [-0.15, -0.1) is 0 Å². The van der Waals surface area contributed by atoms with Crippen LogP contribution in [0.15, 0.2) is 0 Å². The molecular weight excluding hydrogens is 464 g/mol. The number of unbranched alkanes of at least 4 members (excludes halogenated alkanes) is 25. The lowest BCUT2D eigenvalue weighted by molar-refractivity contribution is -0.145. The van der Waals surface area contributed by atoms with E-state index < -0.39 is 5.56 Å². The number of carbonyl (C=O) groups excluding carboxylic acids is 1. The molecule has 0 aromatic heterocycles. The van der Waals surface area contributed by atoms with E-state index in [0.717, 1.165) is 32.1 Å². The molecule has 216 valence electrons. The summed E-state index contributed by atoms with van der Waals surface area (Å²) in [5.41, 5.74) is -0.434. The van der Waals surface area contributed by atoms with Crippen molar-refractivity contribution in [2.75, 3.05) is 0 Å². The van der Waals surface area contributed by atoms with E-state index in [-0.39, 0.29) is 5.97 Å². The highest BCUT2D eigenvalue weighted by atomic mass is 35.5. The normalized spacial score (nSPS) is 12.2. The summed E-state index contributed by atoms with van der Waals surface area (Å²) >= 11 is 6.02. The lowest BCUT2D eigenvalue weighted by Gasteiger charge is -2.10. The van der Waals surface area contributed by atoms with E-state index in [1.54, 1.807) is 0 Å². The molecule has 0 spiro atoms. The number of halogens is 1. The van der Waals surface area contributed by atoms with Crippen molar-refractivity contribution in [1.29, 1.82) is 0 Å². The van der Waals surface area contributed by atoms with Gasteiger partial charge in [0.05, 0.1) is 0 Å². The van der Waals surface area contributed by atoms with Crippen LogP contribution in [0, 0.1) is 0 Å². The van der Waals surface area contributed by atoms with Crippen LogP contribution in [0.2, 0.25) is 0 Å². The summed E-state index contributed by atoms with van der Waals surface area (Å²) in [6, 6.07) is 0. The van der Waals surface area contributed by atoms with Crippen LogP contribution in [-0.4, -0.2) is 11.5 Å². The van der Waals surface area contributed by atoms with Gasteiger partial charge in [0.25, 0.3) is 0 Å². The van der Waals surface area contributed by atoms with Crippen molar-refractivity contribution in [3.63, 3.8) is 0 Å². The van der Waals surface area contributed by atoms with Crippen LogP contribution in [0.1, 0.15) is 200 Å². The maximum absolute atomic E-state index is 11.7. The van der Waals surface area contributed by atoms with Crippen molar-refractivity contribution in [3.8, 4) is 0 Å². The molecule has 0 saturated heterocycles. The fraction of sp³-hybridized carbons (Fsp3) is 0.970. The van der Waals surface area contributed by atoms with Crippen molar-refractivity contribution in [2.24, 2.45) is 0 Å². The predicted octanol–water partition coefficient (Wildman–Crippen LogP) is 12.4. The van der Waals surface area contributed by atoms with Gasteiger partial charge in [0.1, 0.15) is 0 Å². The second-order valence-corrected chi connectivity index (χ2v) is 11.8. The summed E-state index contributed by atoms with van der Waals surface area (Å²) in [5.74, 6) is -0.125. The van der Waals surface area contributed by atoms with Gasteiger partial charge < -0.3 is 4.74 Å². The monoisotopic (exact) mass is 528 g/mol. The molecule has 0 aliphatic heterocycles. The second kappa shape index (κ2) is 31.0. The summed E-state index contributed by atoms with van der Waals surface area (Å²) < 4.78 is 5.23. The Balaban J connectivity index is 3.12. The Bertz CT molecular complexity index is 426. The fourth-order valence-electron chi connectivity index (χ4n) is 5.03. The number of carbonyl (C=O) groups is 1. The van der Waals surface area contributed by atoms with Crippen LogP contribution < -0.4 is 0 Å². The third-order valence-corrected chi connectivity index (χ3v) is 7.84. The van der Waals surface area contributed by atoms with Gasteiger partial charge in [0, 0.05) is 6.42 Å². The molecule has 0 aliphatic rings. The summed E-state index contributed by atoms with van der Waals surface area (Å²) in [5, 5.41) is 0. The lowest BCUT2D eigenvalue weighted by atomic mass is 10.0. The highest BCUT2D eigenvalue weighted by molar-refractivity contribution is 6.20. The van der Waals surface area contributed by atoms with Crippen molar-refractivity contribution < 1.29 is 9.53 Å². The topological polar surface area (TPSA) is 26.3 Å². The summed E-state index contributed by atoms with van der Waals surface area (Å²) in [6.45, 7) is 4.42. The van der Waals surface area contributed by atoms with E-state index in [2.05, 4.69) is 13.8 Å². The summed E-state index contributed by atoms with van der Waals surface area (Å²) in [6.07, 6.45) is 38.3. The molecule has 1 atom stereocenters. The van der Waals surface area contributed by atoms with Crippen molar-refractivity contribution >= 4 is 17.6 Å². The molecular formula is C33H65ClO2. The Morgan fingerprint density at radius 3 is 1.06 bits per heavy atom. The number of hydrogen-bond acceptors (Lipinski definition) is 2. The van der Waals surface area contributed by atoms with E-state index >= 15 is 0 Å². The molecule has 2 nitrogen and oxygen atoms in total. The highest BCUT2D eigenvalue weighted by Gasteiger charge is 2.10. The lowest BCUT2D eigenvalue weighted by Crippen LogP contribution is -2.12. The maximum atomic E-state index is 11.7. The fourth-order valence-corrected chi connectivity index (χ4v) is 5.29. The van der Waals surface area contributed by atoms with Gasteiger partial charge in [-0.2, -0.15) is 0 Å².